The Balaban J connectivity index is 1.51. The number of aryl methyl sites for hydroxylation is 1. The number of hydrogen-bond acceptors (Lipinski definition) is 5. The third-order valence-electron chi connectivity index (χ3n) is 3.07. The quantitative estimate of drug-likeness (QED) is 0.521. The van der Waals surface area contributed by atoms with E-state index < -0.39 is 0 Å². The molecule has 0 unspecified atom stereocenters. The molecule has 1 aromatic heterocycles. The fourth-order valence-corrected chi connectivity index (χ4v) is 1.96. The van der Waals surface area contributed by atoms with Crippen LogP contribution in [0.1, 0.15) is 48.7 Å². The van der Waals surface area contributed by atoms with Crippen molar-refractivity contribution in [3.05, 3.63) is 42.1 Å². The third kappa shape index (κ3) is 5.38. The molecule has 0 atom stereocenters. The molecule has 0 spiro atoms. The van der Waals surface area contributed by atoms with Crippen LogP contribution in [0.2, 0.25) is 0 Å². The first-order valence-corrected chi connectivity index (χ1v) is 7.27. The highest BCUT2D eigenvalue weighted by Crippen LogP contribution is 2.11. The van der Waals surface area contributed by atoms with Crippen LogP contribution in [-0.2, 0) is 0 Å². The summed E-state index contributed by atoms with van der Waals surface area (Å²) in [6, 6.07) is 9.78. The van der Waals surface area contributed by atoms with E-state index in [2.05, 4.69) is 10.2 Å². The average molecular weight is 288 g/mol. The van der Waals surface area contributed by atoms with Crippen molar-refractivity contribution in [3.63, 3.8) is 0 Å². The van der Waals surface area contributed by atoms with Crippen molar-refractivity contribution < 1.29 is 13.9 Å². The lowest BCUT2D eigenvalue weighted by Gasteiger charge is -2.05. The maximum Gasteiger partial charge on any atom is 0.283 e. The molecule has 0 radical (unpaired) electrons. The lowest BCUT2D eigenvalue weighted by Crippen LogP contribution is -2.00. The number of ether oxygens (including phenoxy) is 1. The number of rotatable bonds is 9. The Morgan fingerprint density at radius 2 is 1.86 bits per heavy atom. The van der Waals surface area contributed by atoms with E-state index in [1.807, 2.05) is 30.3 Å². The predicted molar refractivity (Wildman–Crippen MR) is 78.4 cm³/mol. The first-order valence-electron chi connectivity index (χ1n) is 7.27. The number of para-hydroxylation sites is 1. The van der Waals surface area contributed by atoms with Crippen LogP contribution in [0.25, 0.3) is 0 Å². The third-order valence-corrected chi connectivity index (χ3v) is 3.07. The summed E-state index contributed by atoms with van der Waals surface area (Å²) < 4.78 is 10.7. The van der Waals surface area contributed by atoms with Gasteiger partial charge in [-0.3, -0.25) is 4.79 Å². The van der Waals surface area contributed by atoms with Crippen molar-refractivity contribution >= 4 is 5.78 Å². The molecule has 0 aliphatic rings. The summed E-state index contributed by atoms with van der Waals surface area (Å²) in [6.07, 6.45) is 4.33. The molecule has 112 valence electrons. The predicted octanol–water partition coefficient (Wildman–Crippen LogP) is 3.59. The summed E-state index contributed by atoms with van der Waals surface area (Å²) >= 11 is 0. The molecule has 5 heteroatoms. The van der Waals surface area contributed by atoms with Crippen molar-refractivity contribution in [1.82, 2.24) is 10.2 Å². The van der Waals surface area contributed by atoms with Crippen LogP contribution in [0.4, 0.5) is 0 Å². The monoisotopic (exact) mass is 288 g/mol. The second kappa shape index (κ2) is 8.19. The van der Waals surface area contributed by atoms with E-state index in [0.29, 0.717) is 18.9 Å². The molecule has 0 aliphatic heterocycles. The largest absolute Gasteiger partial charge is 0.494 e. The van der Waals surface area contributed by atoms with Gasteiger partial charge >= 0.3 is 0 Å². The van der Waals surface area contributed by atoms with Crippen LogP contribution in [0, 0.1) is 6.92 Å². The van der Waals surface area contributed by atoms with Gasteiger partial charge in [0, 0.05) is 13.3 Å². The smallest absolute Gasteiger partial charge is 0.283 e. The Kier molecular flexibility index (Phi) is 5.94. The topological polar surface area (TPSA) is 65.2 Å². The Bertz CT molecular complexity index is 552. The van der Waals surface area contributed by atoms with Gasteiger partial charge in [0.05, 0.1) is 6.61 Å². The normalized spacial score (nSPS) is 10.5. The fraction of sp³-hybridized carbons (Fsp3) is 0.438. The van der Waals surface area contributed by atoms with Gasteiger partial charge in [0.1, 0.15) is 5.75 Å². The van der Waals surface area contributed by atoms with Gasteiger partial charge in [-0.15, -0.1) is 10.2 Å². The summed E-state index contributed by atoms with van der Waals surface area (Å²) in [5.41, 5.74) is 0. The van der Waals surface area contributed by atoms with Gasteiger partial charge in [-0.25, -0.2) is 0 Å². The highest BCUT2D eigenvalue weighted by molar-refractivity contribution is 5.91. The van der Waals surface area contributed by atoms with E-state index in [4.69, 9.17) is 9.15 Å². The highest BCUT2D eigenvalue weighted by Gasteiger charge is 2.12. The number of carbonyl (C=O) groups excluding carboxylic acids is 1. The Hall–Kier alpha value is -2.17. The Morgan fingerprint density at radius 3 is 2.57 bits per heavy atom. The van der Waals surface area contributed by atoms with Crippen LogP contribution in [0.15, 0.2) is 34.7 Å². The number of carbonyl (C=O) groups is 1. The van der Waals surface area contributed by atoms with E-state index in [9.17, 15) is 4.79 Å². The molecule has 21 heavy (non-hydrogen) atoms. The van der Waals surface area contributed by atoms with Crippen molar-refractivity contribution in [3.8, 4) is 5.75 Å². The molecular formula is C16H20N2O3. The molecule has 0 amide bonds. The van der Waals surface area contributed by atoms with Crippen LogP contribution >= 0.6 is 0 Å². The van der Waals surface area contributed by atoms with Gasteiger partial charge in [-0.1, -0.05) is 31.0 Å². The molecule has 0 aliphatic carbocycles. The Morgan fingerprint density at radius 1 is 1.10 bits per heavy atom. The van der Waals surface area contributed by atoms with Crippen molar-refractivity contribution in [2.24, 2.45) is 0 Å². The van der Waals surface area contributed by atoms with Gasteiger partial charge in [-0.2, -0.15) is 0 Å². The molecule has 1 heterocycles. The van der Waals surface area contributed by atoms with Crippen molar-refractivity contribution in [1.29, 1.82) is 0 Å². The molecule has 0 N–H and O–H groups in total. The number of Topliss-reactive ketones (excluding diaryl/α,β-unsaturated/α-hetero) is 1. The summed E-state index contributed by atoms with van der Waals surface area (Å²) in [6.45, 7) is 2.39. The first-order chi connectivity index (χ1) is 10.3. The SMILES string of the molecule is Cc1nnc(C(=O)CCCCCCOc2ccccc2)o1. The summed E-state index contributed by atoms with van der Waals surface area (Å²) in [5, 5.41) is 7.37. The summed E-state index contributed by atoms with van der Waals surface area (Å²) in [5.74, 6) is 1.38. The standard InChI is InChI=1S/C16H20N2O3/c1-13-17-18-16(21-13)15(19)11-7-2-3-8-12-20-14-9-5-4-6-10-14/h4-6,9-10H,2-3,7-8,11-12H2,1H3. The molecule has 2 rings (SSSR count). The second-order valence-electron chi connectivity index (χ2n) is 4.88. The van der Waals surface area contributed by atoms with Gasteiger partial charge < -0.3 is 9.15 Å². The zero-order valence-electron chi connectivity index (χ0n) is 12.2. The lowest BCUT2D eigenvalue weighted by molar-refractivity contribution is 0.0944. The molecule has 0 fully saturated rings. The van der Waals surface area contributed by atoms with E-state index in [-0.39, 0.29) is 11.7 Å². The van der Waals surface area contributed by atoms with Crippen LogP contribution in [0.3, 0.4) is 0 Å². The van der Waals surface area contributed by atoms with Crippen LogP contribution in [-0.4, -0.2) is 22.6 Å². The summed E-state index contributed by atoms with van der Waals surface area (Å²) in [4.78, 5) is 11.7. The summed E-state index contributed by atoms with van der Waals surface area (Å²) in [7, 11) is 0. The number of benzene rings is 1. The molecule has 0 saturated heterocycles. The minimum Gasteiger partial charge on any atom is -0.494 e. The van der Waals surface area contributed by atoms with Crippen molar-refractivity contribution in [2.45, 2.75) is 39.0 Å². The van der Waals surface area contributed by atoms with Crippen molar-refractivity contribution in [2.75, 3.05) is 6.61 Å². The molecule has 0 bridgehead atoms. The maximum atomic E-state index is 11.7. The van der Waals surface area contributed by atoms with E-state index in [1.54, 1.807) is 6.92 Å². The molecule has 0 saturated carbocycles. The Labute approximate surface area is 124 Å². The van der Waals surface area contributed by atoms with E-state index in [1.165, 1.54) is 0 Å². The zero-order valence-corrected chi connectivity index (χ0v) is 12.2. The first kappa shape index (κ1) is 15.2. The molecule has 5 nitrogen and oxygen atoms in total. The number of ketones is 1. The van der Waals surface area contributed by atoms with Crippen LogP contribution < -0.4 is 4.74 Å². The molecule has 1 aromatic carbocycles. The second-order valence-corrected chi connectivity index (χ2v) is 4.88. The van der Waals surface area contributed by atoms with Gasteiger partial charge in [0.2, 0.25) is 11.7 Å². The molecular weight excluding hydrogens is 268 g/mol. The minimum atomic E-state index is -0.0730. The maximum absolute atomic E-state index is 11.7. The van der Waals surface area contributed by atoms with Gasteiger partial charge in [-0.05, 0) is 25.0 Å². The zero-order chi connectivity index (χ0) is 14.9. The minimum absolute atomic E-state index is 0.0730. The average Bonchev–Trinajstić information content (AvgIpc) is 2.94. The number of unbranched alkanes of at least 4 members (excludes halogenated alkanes) is 3. The van der Waals surface area contributed by atoms with E-state index in [0.717, 1.165) is 31.4 Å². The number of nitrogens with zero attached hydrogens (tertiary/aromatic N) is 2. The van der Waals surface area contributed by atoms with Gasteiger partial charge in [0.15, 0.2) is 0 Å². The van der Waals surface area contributed by atoms with Crippen LogP contribution in [0.5, 0.6) is 5.75 Å². The van der Waals surface area contributed by atoms with E-state index >= 15 is 0 Å². The fourth-order valence-electron chi connectivity index (χ4n) is 1.96. The molecule has 2 aromatic rings. The highest BCUT2D eigenvalue weighted by atomic mass is 16.5. The lowest BCUT2D eigenvalue weighted by atomic mass is 10.1. The number of hydrogen-bond donors (Lipinski definition) is 0. The number of aromatic nitrogens is 2. The van der Waals surface area contributed by atoms with Gasteiger partial charge in [0.25, 0.3) is 5.89 Å².